The van der Waals surface area contributed by atoms with Gasteiger partial charge in [0.15, 0.2) is 0 Å². The molecule has 0 fully saturated rings. The monoisotopic (exact) mass is 714 g/mol. The third-order valence-corrected chi connectivity index (χ3v) is 24.2. The Labute approximate surface area is 279 Å². The second-order valence-corrected chi connectivity index (χ2v) is 30.8. The van der Waals surface area contributed by atoms with Crippen molar-refractivity contribution >= 4 is 46.3 Å². The summed E-state index contributed by atoms with van der Waals surface area (Å²) in [6.45, 7) is 18.5. The molecule has 0 aromatic heterocycles. The van der Waals surface area contributed by atoms with Crippen LogP contribution >= 0.6 is 17.0 Å². The van der Waals surface area contributed by atoms with Gasteiger partial charge in [-0.2, -0.15) is 0 Å². The predicted molar refractivity (Wildman–Crippen MR) is 195 cm³/mol. The number of hydrogen-bond acceptors (Lipinski definition) is 0. The van der Waals surface area contributed by atoms with Gasteiger partial charge in [-0.1, -0.05) is 0 Å². The Balaban J connectivity index is 1.56. The zero-order valence-corrected chi connectivity index (χ0v) is 33.1. The molecule has 0 amide bonds. The third-order valence-electron chi connectivity index (χ3n) is 9.83. The van der Waals surface area contributed by atoms with E-state index < -0.39 is 27.4 Å². The van der Waals surface area contributed by atoms with Crippen LogP contribution in [0.5, 0.6) is 0 Å². The average molecular weight is 717 g/mol. The van der Waals surface area contributed by atoms with Crippen LogP contribution in [0.3, 0.4) is 0 Å². The zero-order chi connectivity index (χ0) is 31.6. The molecule has 44 heavy (non-hydrogen) atoms. The van der Waals surface area contributed by atoms with Gasteiger partial charge in [-0.25, -0.2) is 0 Å². The SMILES string of the molecule is CCCc1ccc2c(c1-c1cc(C(C)(C)C)cc(C(C)(C)C)c1)C=C(CC)[CH]2[Zr]([Cl])([Cl])[c]1cccc2c1[SiH2]c1ccccc1-2. The van der Waals surface area contributed by atoms with Crippen molar-refractivity contribution in [2.45, 2.75) is 89.1 Å². The molecule has 0 bridgehead atoms. The Morgan fingerprint density at radius 1 is 0.773 bits per heavy atom. The van der Waals surface area contributed by atoms with Crippen LogP contribution in [0.25, 0.3) is 28.3 Å². The summed E-state index contributed by atoms with van der Waals surface area (Å²) in [4.78, 5) is 0. The van der Waals surface area contributed by atoms with Gasteiger partial charge in [0, 0.05) is 0 Å². The van der Waals surface area contributed by atoms with Crippen molar-refractivity contribution in [2.24, 2.45) is 0 Å². The molecule has 1 atom stereocenters. The minimum atomic E-state index is -4.00. The second kappa shape index (κ2) is 11.8. The Kier molecular flexibility index (Phi) is 8.67. The van der Waals surface area contributed by atoms with Gasteiger partial charge >= 0.3 is 282 Å². The molecule has 0 spiro atoms. The summed E-state index contributed by atoms with van der Waals surface area (Å²) in [7, 11) is 15.2. The van der Waals surface area contributed by atoms with Crippen molar-refractivity contribution in [1.29, 1.82) is 0 Å². The molecule has 0 saturated carbocycles. The molecule has 0 saturated heterocycles. The Morgan fingerprint density at radius 2 is 1.43 bits per heavy atom. The van der Waals surface area contributed by atoms with Gasteiger partial charge in [-0.15, -0.1) is 0 Å². The summed E-state index contributed by atoms with van der Waals surface area (Å²) in [5.74, 6) is 0. The summed E-state index contributed by atoms with van der Waals surface area (Å²) in [6, 6.07) is 27.8. The molecule has 228 valence electrons. The van der Waals surface area contributed by atoms with Crippen LogP contribution in [0.2, 0.25) is 0 Å². The molecular formula is C40H46Cl2SiZr. The fourth-order valence-electron chi connectivity index (χ4n) is 7.37. The van der Waals surface area contributed by atoms with E-state index in [1.165, 1.54) is 69.3 Å². The molecule has 0 N–H and O–H groups in total. The number of allylic oxidation sites excluding steroid dienone is 1. The quantitative estimate of drug-likeness (QED) is 0.154. The summed E-state index contributed by atoms with van der Waals surface area (Å²) >= 11 is -4.00. The molecule has 4 heteroatoms. The van der Waals surface area contributed by atoms with E-state index in [9.17, 15) is 0 Å². The van der Waals surface area contributed by atoms with E-state index in [4.69, 9.17) is 17.0 Å². The standard InChI is InChI=1S/C28H37.C12H9Si.2ClH.Zr/c1-9-11-20-12-13-21-14-19(10-2)15-25(21)26(20)22-16-23(27(3,4)5)18-24(17-22)28(6,7)8;1-3-7-11-9(5-1)10-6-2-4-8-12(10)13-11;;;/h12-18H,9-11H2,1-8H3;1-7H,13H2;2*1H;/q;;;;+2/p-2. The van der Waals surface area contributed by atoms with Crippen molar-refractivity contribution in [3.8, 4) is 22.3 Å². The van der Waals surface area contributed by atoms with Gasteiger partial charge in [-0.05, 0) is 0 Å². The number of fused-ring (bicyclic) bond motifs is 4. The van der Waals surface area contributed by atoms with Crippen LogP contribution in [0, 0.1) is 0 Å². The van der Waals surface area contributed by atoms with Crippen LogP contribution < -0.4 is 13.6 Å². The molecule has 4 aromatic carbocycles. The normalized spacial score (nSPS) is 16.6. The molecule has 0 nitrogen and oxygen atoms in total. The van der Waals surface area contributed by atoms with Crippen LogP contribution in [0.4, 0.5) is 0 Å². The first-order valence-corrected chi connectivity index (χ1v) is 26.8. The number of aryl methyl sites for hydroxylation is 1. The topological polar surface area (TPSA) is 0 Å². The van der Waals surface area contributed by atoms with Gasteiger partial charge < -0.3 is 0 Å². The third kappa shape index (κ3) is 5.61. The molecule has 1 unspecified atom stereocenters. The van der Waals surface area contributed by atoms with E-state index >= 15 is 0 Å². The predicted octanol–water partition coefficient (Wildman–Crippen LogP) is 9.64. The van der Waals surface area contributed by atoms with E-state index in [0.29, 0.717) is 0 Å². The maximum atomic E-state index is 7.92. The Hall–Kier alpha value is -1.70. The number of rotatable bonds is 6. The van der Waals surface area contributed by atoms with Crippen molar-refractivity contribution in [3.05, 3.63) is 106 Å². The van der Waals surface area contributed by atoms with Gasteiger partial charge in [0.05, 0.1) is 0 Å². The summed E-state index contributed by atoms with van der Waals surface area (Å²) < 4.78 is 1.42. The van der Waals surface area contributed by atoms with Crippen molar-refractivity contribution in [1.82, 2.24) is 0 Å². The molecule has 1 heterocycles. The zero-order valence-electron chi connectivity index (χ0n) is 27.7. The van der Waals surface area contributed by atoms with Gasteiger partial charge in [0.25, 0.3) is 0 Å². The van der Waals surface area contributed by atoms with E-state index in [-0.39, 0.29) is 14.5 Å². The average Bonchev–Trinajstić information content (AvgIpc) is 3.55. The van der Waals surface area contributed by atoms with Gasteiger partial charge in [0.2, 0.25) is 0 Å². The number of halogens is 2. The van der Waals surface area contributed by atoms with E-state index in [0.717, 1.165) is 19.3 Å². The number of hydrogen-bond donors (Lipinski definition) is 0. The molecular weight excluding hydrogens is 671 g/mol. The fraction of sp³-hybridized carbons (Fsp3) is 0.350. The molecule has 0 radical (unpaired) electrons. The van der Waals surface area contributed by atoms with Gasteiger partial charge in [-0.3, -0.25) is 0 Å². The molecule has 1 aliphatic heterocycles. The first-order chi connectivity index (χ1) is 20.8. The second-order valence-electron chi connectivity index (χ2n) is 14.9. The van der Waals surface area contributed by atoms with Crippen LogP contribution in [0.1, 0.15) is 99.7 Å². The van der Waals surface area contributed by atoms with E-state index in [2.05, 4.69) is 134 Å². The van der Waals surface area contributed by atoms with Crippen LogP contribution in [-0.4, -0.2) is 9.52 Å². The van der Waals surface area contributed by atoms with Crippen molar-refractivity contribution in [2.75, 3.05) is 0 Å². The van der Waals surface area contributed by atoms with Crippen LogP contribution in [-0.2, 0) is 35.1 Å². The maximum absolute atomic E-state index is 7.92. The van der Waals surface area contributed by atoms with Crippen molar-refractivity contribution < 1.29 is 17.9 Å². The molecule has 2 aliphatic rings. The Morgan fingerprint density at radius 3 is 2.07 bits per heavy atom. The summed E-state index contributed by atoms with van der Waals surface area (Å²) in [5, 5.41) is 3.01. The first-order valence-electron chi connectivity index (χ1n) is 16.4. The molecule has 4 aromatic rings. The van der Waals surface area contributed by atoms with E-state index in [1.54, 1.807) is 0 Å². The minimum absolute atomic E-state index is 0.0544. The van der Waals surface area contributed by atoms with Gasteiger partial charge in [0.1, 0.15) is 0 Å². The summed E-state index contributed by atoms with van der Waals surface area (Å²) in [5.41, 5.74) is 13.9. The fourth-order valence-corrected chi connectivity index (χ4v) is 24.4. The van der Waals surface area contributed by atoms with E-state index in [1.807, 2.05) is 0 Å². The number of benzene rings is 4. The van der Waals surface area contributed by atoms with Crippen LogP contribution in [0.15, 0.2) is 78.4 Å². The van der Waals surface area contributed by atoms with Crippen molar-refractivity contribution in [3.63, 3.8) is 0 Å². The molecule has 6 rings (SSSR count). The summed E-state index contributed by atoms with van der Waals surface area (Å²) in [6.07, 6.45) is 5.61. The molecule has 1 aliphatic carbocycles. The first kappa shape index (κ1) is 32.2. The Bertz CT molecular complexity index is 1750.